The number of thioether (sulfide) groups is 1. The Morgan fingerprint density at radius 3 is 2.56 bits per heavy atom. The van der Waals surface area contributed by atoms with Gasteiger partial charge in [0.1, 0.15) is 0 Å². The predicted molar refractivity (Wildman–Crippen MR) is 37.4 cm³/mol. The Balaban J connectivity index is 3.30. The van der Waals surface area contributed by atoms with Crippen LogP contribution in [0, 0.1) is 0 Å². The van der Waals surface area contributed by atoms with Crippen LogP contribution in [0.2, 0.25) is 0 Å². The lowest BCUT2D eigenvalue weighted by Crippen LogP contribution is -2.17. The fourth-order valence-electron chi connectivity index (χ4n) is 0.234. The molecule has 0 aromatic rings. The first-order valence-electron chi connectivity index (χ1n) is 2.22. The van der Waals surface area contributed by atoms with Gasteiger partial charge in [0.25, 0.3) is 0 Å². The molecule has 0 heterocycles. The van der Waals surface area contributed by atoms with Crippen molar-refractivity contribution in [3.05, 3.63) is 0 Å². The molecule has 0 fully saturated rings. The average Bonchev–Trinajstić information content (AvgIpc) is 1.63. The number of nitrogens with two attached hydrogens (primary N) is 1. The van der Waals surface area contributed by atoms with E-state index in [9.17, 15) is 8.42 Å². The highest BCUT2D eigenvalue weighted by Gasteiger charge is 1.98. The number of hydrogen-bond acceptors (Lipinski definition) is 4. The summed E-state index contributed by atoms with van der Waals surface area (Å²) in [6.07, 6.45) is 1.85. The number of rotatable bonds is 4. The van der Waals surface area contributed by atoms with Gasteiger partial charge in [0.15, 0.2) is 0 Å². The molecule has 0 aliphatic rings. The van der Waals surface area contributed by atoms with Crippen molar-refractivity contribution < 1.29 is 12.6 Å². The lowest BCUT2D eigenvalue weighted by molar-refractivity contribution is 0.342. The van der Waals surface area contributed by atoms with E-state index in [0.717, 1.165) is 0 Å². The minimum atomic E-state index is -3.71. The summed E-state index contributed by atoms with van der Waals surface area (Å²) in [5.41, 5.74) is 0. The lowest BCUT2D eigenvalue weighted by atomic mass is 10.9. The zero-order valence-corrected chi connectivity index (χ0v) is 6.67. The first-order valence-corrected chi connectivity index (χ1v) is 5.09. The molecule has 2 N–H and O–H groups in total. The summed E-state index contributed by atoms with van der Waals surface area (Å²) < 4.78 is 24.3. The van der Waals surface area contributed by atoms with Gasteiger partial charge in [0, 0.05) is 5.75 Å². The maximum Gasteiger partial charge on any atom is 0.333 e. The SMILES string of the molecule is CSCCOS(N)(=O)=O. The summed E-state index contributed by atoms with van der Waals surface area (Å²) in [5, 5.41) is 4.52. The van der Waals surface area contributed by atoms with Gasteiger partial charge in [0.05, 0.1) is 6.61 Å². The fraction of sp³-hybridized carbons (Fsp3) is 1.00. The summed E-state index contributed by atoms with van der Waals surface area (Å²) in [5.74, 6) is 0.635. The largest absolute Gasteiger partial charge is 0.333 e. The topological polar surface area (TPSA) is 69.4 Å². The molecule has 0 unspecified atom stereocenters. The average molecular weight is 171 g/mol. The Labute approximate surface area is 59.0 Å². The molecular weight excluding hydrogens is 162 g/mol. The maximum atomic E-state index is 10.1. The molecular formula is C3H9NO3S2. The van der Waals surface area contributed by atoms with E-state index in [2.05, 4.69) is 9.32 Å². The first kappa shape index (κ1) is 9.22. The summed E-state index contributed by atoms with van der Waals surface area (Å²) >= 11 is 1.50. The second-order valence-electron chi connectivity index (χ2n) is 1.31. The minimum absolute atomic E-state index is 0.153. The molecule has 6 heteroatoms. The maximum absolute atomic E-state index is 10.1. The Morgan fingerprint density at radius 1 is 1.67 bits per heavy atom. The van der Waals surface area contributed by atoms with Crippen molar-refractivity contribution in [2.45, 2.75) is 0 Å². The molecule has 0 aliphatic heterocycles. The van der Waals surface area contributed by atoms with Crippen LogP contribution in [0.25, 0.3) is 0 Å². The third-order valence-corrected chi connectivity index (χ3v) is 1.61. The summed E-state index contributed by atoms with van der Waals surface area (Å²) in [7, 11) is -3.71. The summed E-state index contributed by atoms with van der Waals surface area (Å²) in [4.78, 5) is 0. The van der Waals surface area contributed by atoms with Crippen LogP contribution in [0.15, 0.2) is 0 Å². The summed E-state index contributed by atoms with van der Waals surface area (Å²) in [6.45, 7) is 0.153. The molecule has 0 atom stereocenters. The van der Waals surface area contributed by atoms with Crippen LogP contribution >= 0.6 is 11.8 Å². The second-order valence-corrected chi connectivity index (χ2v) is 3.51. The van der Waals surface area contributed by atoms with E-state index >= 15 is 0 Å². The Kier molecular flexibility index (Phi) is 4.20. The van der Waals surface area contributed by atoms with Crippen LogP contribution in [-0.4, -0.2) is 27.0 Å². The quantitative estimate of drug-likeness (QED) is 0.583. The molecule has 9 heavy (non-hydrogen) atoms. The molecule has 0 saturated carbocycles. The van der Waals surface area contributed by atoms with Gasteiger partial charge in [-0.05, 0) is 6.26 Å². The molecule has 0 aromatic heterocycles. The van der Waals surface area contributed by atoms with Crippen molar-refractivity contribution >= 4 is 22.1 Å². The second kappa shape index (κ2) is 4.10. The van der Waals surface area contributed by atoms with Gasteiger partial charge in [0.2, 0.25) is 0 Å². The van der Waals surface area contributed by atoms with Crippen LogP contribution in [0.1, 0.15) is 0 Å². The van der Waals surface area contributed by atoms with Gasteiger partial charge in [-0.15, -0.1) is 0 Å². The van der Waals surface area contributed by atoms with Crippen LogP contribution in [0.4, 0.5) is 0 Å². The van der Waals surface area contributed by atoms with E-state index in [4.69, 9.17) is 0 Å². The molecule has 0 saturated heterocycles. The third kappa shape index (κ3) is 8.22. The molecule has 0 bridgehead atoms. The van der Waals surface area contributed by atoms with Crippen molar-refractivity contribution in [2.24, 2.45) is 5.14 Å². The van der Waals surface area contributed by atoms with Gasteiger partial charge >= 0.3 is 10.3 Å². The molecule has 0 aromatic carbocycles. The third-order valence-electron chi connectivity index (χ3n) is 0.535. The predicted octanol–water partition coefficient (Wildman–Crippen LogP) is -0.430. The highest BCUT2D eigenvalue weighted by atomic mass is 32.2. The Morgan fingerprint density at radius 2 is 2.22 bits per heavy atom. The fourth-order valence-corrected chi connectivity index (χ4v) is 0.905. The highest BCUT2D eigenvalue weighted by Crippen LogP contribution is 1.91. The molecule has 0 amide bonds. The summed E-state index contributed by atoms with van der Waals surface area (Å²) in [6, 6.07) is 0. The van der Waals surface area contributed by atoms with Gasteiger partial charge in [-0.1, -0.05) is 0 Å². The lowest BCUT2D eigenvalue weighted by Gasteiger charge is -1.96. The van der Waals surface area contributed by atoms with E-state index < -0.39 is 10.3 Å². The molecule has 56 valence electrons. The van der Waals surface area contributed by atoms with Gasteiger partial charge < -0.3 is 0 Å². The highest BCUT2D eigenvalue weighted by molar-refractivity contribution is 7.98. The zero-order chi connectivity index (χ0) is 7.33. The molecule has 0 spiro atoms. The zero-order valence-electron chi connectivity index (χ0n) is 5.03. The Bertz CT molecular complexity index is 152. The van der Waals surface area contributed by atoms with Crippen molar-refractivity contribution in [1.29, 1.82) is 0 Å². The van der Waals surface area contributed by atoms with Crippen LogP contribution < -0.4 is 5.14 Å². The molecule has 0 aliphatic carbocycles. The van der Waals surface area contributed by atoms with E-state index in [1.165, 1.54) is 11.8 Å². The number of hydrogen-bond donors (Lipinski definition) is 1. The molecule has 0 radical (unpaired) electrons. The van der Waals surface area contributed by atoms with E-state index in [1.54, 1.807) is 0 Å². The van der Waals surface area contributed by atoms with Crippen LogP contribution in [0.5, 0.6) is 0 Å². The smallest absolute Gasteiger partial charge is 0.257 e. The van der Waals surface area contributed by atoms with Crippen molar-refractivity contribution in [3.63, 3.8) is 0 Å². The van der Waals surface area contributed by atoms with Crippen molar-refractivity contribution in [3.8, 4) is 0 Å². The molecule has 0 rings (SSSR count). The van der Waals surface area contributed by atoms with Gasteiger partial charge in [-0.3, -0.25) is 4.18 Å². The van der Waals surface area contributed by atoms with E-state index in [1.807, 2.05) is 6.26 Å². The molecule has 4 nitrogen and oxygen atoms in total. The Hall–Kier alpha value is 0.220. The first-order chi connectivity index (χ1) is 4.06. The van der Waals surface area contributed by atoms with Crippen molar-refractivity contribution in [1.82, 2.24) is 0 Å². The minimum Gasteiger partial charge on any atom is -0.257 e. The van der Waals surface area contributed by atoms with Crippen LogP contribution in [-0.2, 0) is 14.5 Å². The normalized spacial score (nSPS) is 11.8. The van der Waals surface area contributed by atoms with Gasteiger partial charge in [-0.25, -0.2) is 5.14 Å². The van der Waals surface area contributed by atoms with Crippen molar-refractivity contribution in [2.75, 3.05) is 18.6 Å². The monoisotopic (exact) mass is 171 g/mol. The van der Waals surface area contributed by atoms with E-state index in [0.29, 0.717) is 5.75 Å². The van der Waals surface area contributed by atoms with Crippen LogP contribution in [0.3, 0.4) is 0 Å². The van der Waals surface area contributed by atoms with Gasteiger partial charge in [-0.2, -0.15) is 20.2 Å². The standard InChI is InChI=1S/C3H9NO3S2/c1-8-3-2-7-9(4,5)6/h2-3H2,1H3,(H2,4,5,6). The van der Waals surface area contributed by atoms with E-state index in [-0.39, 0.29) is 6.61 Å².